The smallest absolute Gasteiger partial charge is 0.416 e. The largest absolute Gasteiger partial charge is 0.486 e. The van der Waals surface area contributed by atoms with Crippen molar-refractivity contribution in [3.8, 4) is 5.75 Å². The Morgan fingerprint density at radius 2 is 1.90 bits per heavy atom. The fourth-order valence-corrected chi connectivity index (χ4v) is 3.93. The quantitative estimate of drug-likeness (QED) is 0.726. The lowest BCUT2D eigenvalue weighted by Gasteiger charge is -2.40. The van der Waals surface area contributed by atoms with Crippen LogP contribution in [0.15, 0.2) is 18.2 Å². The van der Waals surface area contributed by atoms with Gasteiger partial charge >= 0.3 is 6.18 Å². The molecule has 6 heteroatoms. The summed E-state index contributed by atoms with van der Waals surface area (Å²) >= 11 is 1.78. The van der Waals surface area contributed by atoms with Gasteiger partial charge < -0.3 is 4.74 Å². The Labute approximate surface area is 118 Å². The second-order valence-electron chi connectivity index (χ2n) is 5.21. The third kappa shape index (κ3) is 2.41. The van der Waals surface area contributed by atoms with Crippen LogP contribution in [0.4, 0.5) is 13.2 Å². The van der Waals surface area contributed by atoms with Gasteiger partial charge in [-0.1, -0.05) is 0 Å². The van der Waals surface area contributed by atoms with E-state index >= 15 is 0 Å². The predicted octanol–water partition coefficient (Wildman–Crippen LogP) is 3.94. The van der Waals surface area contributed by atoms with Crippen LogP contribution in [-0.2, 0) is 6.18 Å². The van der Waals surface area contributed by atoms with Crippen LogP contribution >= 0.6 is 11.8 Å². The minimum Gasteiger partial charge on any atom is -0.486 e. The Balaban J connectivity index is 1.98. The number of fused-ring (bicyclic) bond motifs is 1. The molecule has 1 aromatic carbocycles. The van der Waals surface area contributed by atoms with Crippen LogP contribution in [0.3, 0.4) is 0 Å². The number of benzene rings is 1. The number of halogens is 3. The Kier molecular flexibility index (Phi) is 3.23. The molecule has 2 nitrogen and oxygen atoms in total. The monoisotopic (exact) mass is 302 g/mol. The van der Waals surface area contributed by atoms with E-state index in [1.807, 2.05) is 0 Å². The van der Waals surface area contributed by atoms with Gasteiger partial charge in [0.05, 0.1) is 17.5 Å². The molecule has 2 aliphatic heterocycles. The highest BCUT2D eigenvalue weighted by Gasteiger charge is 2.42. The van der Waals surface area contributed by atoms with E-state index < -0.39 is 17.3 Å². The zero-order valence-electron chi connectivity index (χ0n) is 10.6. The average molecular weight is 302 g/mol. The van der Waals surface area contributed by atoms with E-state index in [0.717, 1.165) is 23.6 Å². The van der Waals surface area contributed by atoms with Crippen molar-refractivity contribution in [3.05, 3.63) is 29.3 Å². The number of alkyl halides is 3. The number of thioether (sulfide) groups is 1. The molecule has 0 aromatic heterocycles. The molecule has 20 heavy (non-hydrogen) atoms. The fourth-order valence-electron chi connectivity index (χ4n) is 2.69. The molecule has 0 unspecified atom stereocenters. The summed E-state index contributed by atoms with van der Waals surface area (Å²) in [4.78, 5) is 12.2. The first-order valence-electron chi connectivity index (χ1n) is 6.41. The minimum absolute atomic E-state index is 0.0861. The molecule has 0 amide bonds. The number of carbonyl (C=O) groups excluding carboxylic acids is 1. The van der Waals surface area contributed by atoms with E-state index in [2.05, 4.69) is 0 Å². The molecule has 1 fully saturated rings. The zero-order valence-corrected chi connectivity index (χ0v) is 11.4. The van der Waals surface area contributed by atoms with Crippen LogP contribution in [0.2, 0.25) is 0 Å². The molecule has 1 saturated heterocycles. The third-order valence-electron chi connectivity index (χ3n) is 3.82. The van der Waals surface area contributed by atoms with Crippen LogP contribution in [0.1, 0.15) is 35.2 Å². The van der Waals surface area contributed by atoms with E-state index in [0.29, 0.717) is 12.8 Å². The molecule has 0 radical (unpaired) electrons. The summed E-state index contributed by atoms with van der Waals surface area (Å²) < 4.78 is 44.1. The Hall–Kier alpha value is -1.17. The summed E-state index contributed by atoms with van der Waals surface area (Å²) in [6.45, 7) is 0. The van der Waals surface area contributed by atoms with Crippen LogP contribution < -0.4 is 4.74 Å². The Bertz CT molecular complexity index is 548. The van der Waals surface area contributed by atoms with Gasteiger partial charge in [-0.15, -0.1) is 0 Å². The summed E-state index contributed by atoms with van der Waals surface area (Å²) in [6.07, 6.45) is -2.74. The van der Waals surface area contributed by atoms with Crippen molar-refractivity contribution in [1.82, 2.24) is 0 Å². The first-order chi connectivity index (χ1) is 9.40. The molecular weight excluding hydrogens is 289 g/mol. The number of hydrogen-bond acceptors (Lipinski definition) is 3. The van der Waals surface area contributed by atoms with Gasteiger partial charge in [-0.25, -0.2) is 0 Å². The molecule has 1 aromatic rings. The zero-order chi connectivity index (χ0) is 14.4. The van der Waals surface area contributed by atoms with E-state index in [1.165, 1.54) is 6.07 Å². The van der Waals surface area contributed by atoms with Gasteiger partial charge in [0, 0.05) is 0 Å². The standard InChI is InChI=1S/C14H13F3O2S/c15-14(16,17)9-1-2-10-11(18)8-13(19-12(10)7-9)3-5-20-6-4-13/h1-2,7H,3-6,8H2. The van der Waals surface area contributed by atoms with Crippen molar-refractivity contribution in [2.75, 3.05) is 11.5 Å². The lowest BCUT2D eigenvalue weighted by atomic mass is 9.85. The second-order valence-corrected chi connectivity index (χ2v) is 6.43. The van der Waals surface area contributed by atoms with Gasteiger partial charge in [0.15, 0.2) is 5.78 Å². The van der Waals surface area contributed by atoms with E-state index in [1.54, 1.807) is 11.8 Å². The lowest BCUT2D eigenvalue weighted by molar-refractivity contribution is -0.137. The number of hydrogen-bond donors (Lipinski definition) is 0. The van der Waals surface area contributed by atoms with E-state index in [9.17, 15) is 18.0 Å². The van der Waals surface area contributed by atoms with E-state index in [-0.39, 0.29) is 23.5 Å². The first kappa shape index (κ1) is 13.8. The second kappa shape index (κ2) is 4.69. The number of ketones is 1. The minimum atomic E-state index is -4.42. The van der Waals surface area contributed by atoms with E-state index in [4.69, 9.17) is 4.74 Å². The molecule has 0 N–H and O–H groups in total. The van der Waals surface area contributed by atoms with Crippen molar-refractivity contribution in [1.29, 1.82) is 0 Å². The number of rotatable bonds is 0. The lowest BCUT2D eigenvalue weighted by Crippen LogP contribution is -2.44. The van der Waals surface area contributed by atoms with Gasteiger partial charge in [-0.05, 0) is 42.5 Å². The molecule has 0 atom stereocenters. The molecule has 3 rings (SSSR count). The summed E-state index contributed by atoms with van der Waals surface area (Å²) in [6, 6.07) is 3.12. The highest BCUT2D eigenvalue weighted by Crippen LogP contribution is 2.43. The molecule has 108 valence electrons. The molecule has 0 saturated carbocycles. The summed E-state index contributed by atoms with van der Waals surface area (Å²) in [7, 11) is 0. The van der Waals surface area contributed by atoms with Gasteiger partial charge in [0.2, 0.25) is 0 Å². The van der Waals surface area contributed by atoms with Gasteiger partial charge in [-0.3, -0.25) is 4.79 Å². The van der Waals surface area contributed by atoms with Crippen molar-refractivity contribution in [2.24, 2.45) is 0 Å². The topological polar surface area (TPSA) is 26.3 Å². The maximum Gasteiger partial charge on any atom is 0.416 e. The SMILES string of the molecule is O=C1CC2(CCSCC2)Oc2cc(C(F)(F)F)ccc21. The highest BCUT2D eigenvalue weighted by molar-refractivity contribution is 7.99. The number of Topliss-reactive ketones (excluding diaryl/α,β-unsaturated/α-hetero) is 1. The molecule has 0 aliphatic carbocycles. The van der Waals surface area contributed by atoms with Gasteiger partial charge in [0.25, 0.3) is 0 Å². The Morgan fingerprint density at radius 1 is 1.20 bits per heavy atom. The number of carbonyl (C=O) groups is 1. The van der Waals surface area contributed by atoms with Gasteiger partial charge in [-0.2, -0.15) is 24.9 Å². The van der Waals surface area contributed by atoms with Crippen molar-refractivity contribution in [3.63, 3.8) is 0 Å². The first-order valence-corrected chi connectivity index (χ1v) is 7.56. The fraction of sp³-hybridized carbons (Fsp3) is 0.500. The van der Waals surface area contributed by atoms with Crippen LogP contribution in [0, 0.1) is 0 Å². The maximum atomic E-state index is 12.7. The summed E-state index contributed by atoms with van der Waals surface area (Å²) in [5, 5.41) is 0. The van der Waals surface area contributed by atoms with Crippen LogP contribution in [0.5, 0.6) is 5.75 Å². The summed E-state index contributed by atoms with van der Waals surface area (Å²) in [5.74, 6) is 1.72. The van der Waals surface area contributed by atoms with Crippen LogP contribution in [0.25, 0.3) is 0 Å². The molecule has 1 spiro atoms. The Morgan fingerprint density at radius 3 is 2.55 bits per heavy atom. The van der Waals surface area contributed by atoms with Crippen LogP contribution in [-0.4, -0.2) is 22.9 Å². The van der Waals surface area contributed by atoms with Crippen molar-refractivity contribution < 1.29 is 22.7 Å². The maximum absolute atomic E-state index is 12.7. The third-order valence-corrected chi connectivity index (χ3v) is 4.81. The normalized spacial score (nSPS) is 21.4. The molecule has 2 heterocycles. The highest BCUT2D eigenvalue weighted by atomic mass is 32.2. The predicted molar refractivity (Wildman–Crippen MR) is 70.3 cm³/mol. The number of ether oxygens (including phenoxy) is 1. The van der Waals surface area contributed by atoms with Crippen molar-refractivity contribution >= 4 is 17.5 Å². The molecule has 0 bridgehead atoms. The van der Waals surface area contributed by atoms with Crippen molar-refractivity contribution in [2.45, 2.75) is 31.0 Å². The molecular formula is C14H13F3O2S. The molecule has 2 aliphatic rings. The van der Waals surface area contributed by atoms with Gasteiger partial charge in [0.1, 0.15) is 11.4 Å². The summed E-state index contributed by atoms with van der Waals surface area (Å²) in [5.41, 5.74) is -1.10. The average Bonchev–Trinajstić information content (AvgIpc) is 2.37.